The second-order valence-corrected chi connectivity index (χ2v) is 4.41. The summed E-state index contributed by atoms with van der Waals surface area (Å²) in [5.74, 6) is -1.69. The van der Waals surface area contributed by atoms with E-state index in [4.69, 9.17) is 5.11 Å². The summed E-state index contributed by atoms with van der Waals surface area (Å²) in [7, 11) is 0. The molecule has 6 heteroatoms. The number of aromatic nitrogens is 1. The van der Waals surface area contributed by atoms with Gasteiger partial charge < -0.3 is 15.0 Å². The number of amides is 1. The third-order valence-electron chi connectivity index (χ3n) is 3.11. The number of benzene rings is 1. The van der Waals surface area contributed by atoms with E-state index in [1.165, 1.54) is 17.0 Å². The van der Waals surface area contributed by atoms with Crippen molar-refractivity contribution in [3.8, 4) is 0 Å². The van der Waals surface area contributed by atoms with E-state index in [0.29, 0.717) is 17.4 Å². The van der Waals surface area contributed by atoms with Crippen LogP contribution in [0, 0.1) is 5.82 Å². The maximum atomic E-state index is 13.6. The second kappa shape index (κ2) is 5.73. The summed E-state index contributed by atoms with van der Waals surface area (Å²) in [6, 6.07) is 6.02. The number of carbonyl (C=O) groups is 2. The molecule has 0 saturated heterocycles. The van der Waals surface area contributed by atoms with Gasteiger partial charge in [-0.3, -0.25) is 9.59 Å². The highest BCUT2D eigenvalue weighted by Gasteiger charge is 2.18. The van der Waals surface area contributed by atoms with Gasteiger partial charge in [0.1, 0.15) is 11.5 Å². The number of aromatic amines is 1. The summed E-state index contributed by atoms with van der Waals surface area (Å²) >= 11 is 0. The zero-order valence-corrected chi connectivity index (χ0v) is 11.0. The number of carboxylic acid groups (broad SMARTS) is 1. The van der Waals surface area contributed by atoms with E-state index in [1.54, 1.807) is 19.1 Å². The summed E-state index contributed by atoms with van der Waals surface area (Å²) in [6.45, 7) is 2.29. The average molecular weight is 278 g/mol. The van der Waals surface area contributed by atoms with Crippen molar-refractivity contribution in [2.45, 2.75) is 13.3 Å². The number of aliphatic carboxylic acids is 1. The van der Waals surface area contributed by atoms with Gasteiger partial charge in [-0.15, -0.1) is 0 Å². The van der Waals surface area contributed by atoms with Gasteiger partial charge in [0.25, 0.3) is 5.91 Å². The minimum absolute atomic E-state index is 0.117. The molecule has 2 N–H and O–H groups in total. The average Bonchev–Trinajstić information content (AvgIpc) is 2.84. The molecule has 0 aliphatic heterocycles. The number of carbonyl (C=O) groups excluding carboxylic acids is 1. The third-order valence-corrected chi connectivity index (χ3v) is 3.11. The molecule has 1 aromatic carbocycles. The highest BCUT2D eigenvalue weighted by Crippen LogP contribution is 2.19. The molecule has 20 heavy (non-hydrogen) atoms. The van der Waals surface area contributed by atoms with Crippen LogP contribution in [-0.4, -0.2) is 40.0 Å². The molecule has 0 aliphatic carbocycles. The van der Waals surface area contributed by atoms with Crippen LogP contribution >= 0.6 is 0 Å². The first kappa shape index (κ1) is 14.0. The van der Waals surface area contributed by atoms with Crippen molar-refractivity contribution in [1.82, 2.24) is 9.88 Å². The van der Waals surface area contributed by atoms with Gasteiger partial charge in [-0.1, -0.05) is 6.07 Å². The summed E-state index contributed by atoms with van der Waals surface area (Å²) in [4.78, 5) is 27.1. The molecule has 0 aliphatic rings. The molecule has 106 valence electrons. The summed E-state index contributed by atoms with van der Waals surface area (Å²) in [5.41, 5.74) is 0.806. The lowest BCUT2D eigenvalue weighted by atomic mass is 10.2. The lowest BCUT2D eigenvalue weighted by Crippen LogP contribution is -2.33. The van der Waals surface area contributed by atoms with E-state index in [1.807, 2.05) is 0 Å². The van der Waals surface area contributed by atoms with Gasteiger partial charge in [0.05, 0.1) is 6.42 Å². The van der Waals surface area contributed by atoms with Gasteiger partial charge in [0.15, 0.2) is 0 Å². The summed E-state index contributed by atoms with van der Waals surface area (Å²) < 4.78 is 13.6. The molecule has 1 amide bonds. The molecular weight excluding hydrogens is 263 g/mol. The van der Waals surface area contributed by atoms with E-state index in [9.17, 15) is 14.0 Å². The van der Waals surface area contributed by atoms with E-state index in [0.717, 1.165) is 0 Å². The monoisotopic (exact) mass is 278 g/mol. The van der Waals surface area contributed by atoms with Crippen LogP contribution in [0.25, 0.3) is 10.9 Å². The Bertz CT molecular complexity index is 651. The Morgan fingerprint density at radius 1 is 1.40 bits per heavy atom. The number of hydrogen-bond donors (Lipinski definition) is 2. The number of nitrogens with zero attached hydrogens (tertiary/aromatic N) is 1. The molecule has 5 nitrogen and oxygen atoms in total. The topological polar surface area (TPSA) is 73.4 Å². The predicted octanol–water partition coefficient (Wildman–Crippen LogP) is 2.24. The predicted molar refractivity (Wildman–Crippen MR) is 72.1 cm³/mol. The fourth-order valence-electron chi connectivity index (χ4n) is 2.04. The first-order valence-electron chi connectivity index (χ1n) is 6.31. The van der Waals surface area contributed by atoms with Crippen molar-refractivity contribution in [2.75, 3.05) is 13.1 Å². The maximum absolute atomic E-state index is 13.6. The first-order chi connectivity index (χ1) is 9.52. The number of H-pyrrole nitrogens is 1. The van der Waals surface area contributed by atoms with E-state index in [2.05, 4.69) is 4.98 Å². The molecule has 0 bridgehead atoms. The van der Waals surface area contributed by atoms with Crippen LogP contribution in [0.4, 0.5) is 4.39 Å². The number of fused-ring (bicyclic) bond motifs is 1. The molecule has 0 fully saturated rings. The fourth-order valence-corrected chi connectivity index (χ4v) is 2.04. The number of nitrogens with one attached hydrogen (secondary N) is 1. The Labute approximate surface area is 115 Å². The standard InChI is InChI=1S/C14H15FN2O3/c1-2-17(7-6-13(18)19)14(20)12-8-9-10(15)4-3-5-11(9)16-12/h3-5,8,16H,2,6-7H2,1H3,(H,18,19). The Hall–Kier alpha value is -2.37. The summed E-state index contributed by atoms with van der Waals surface area (Å²) in [5, 5.41) is 9.02. The number of hydrogen-bond acceptors (Lipinski definition) is 2. The van der Waals surface area contributed by atoms with Crippen LogP contribution in [0.5, 0.6) is 0 Å². The van der Waals surface area contributed by atoms with Crippen LogP contribution in [0.2, 0.25) is 0 Å². The normalized spacial score (nSPS) is 10.7. The molecule has 0 spiro atoms. The molecule has 0 atom stereocenters. The zero-order chi connectivity index (χ0) is 14.7. The van der Waals surface area contributed by atoms with Crippen LogP contribution < -0.4 is 0 Å². The molecular formula is C14H15FN2O3. The Morgan fingerprint density at radius 2 is 2.15 bits per heavy atom. The fraction of sp³-hybridized carbons (Fsp3) is 0.286. The smallest absolute Gasteiger partial charge is 0.305 e. The van der Waals surface area contributed by atoms with E-state index < -0.39 is 11.8 Å². The van der Waals surface area contributed by atoms with Crippen LogP contribution in [0.15, 0.2) is 24.3 Å². The largest absolute Gasteiger partial charge is 0.481 e. The zero-order valence-electron chi connectivity index (χ0n) is 11.0. The van der Waals surface area contributed by atoms with Gasteiger partial charge in [-0.25, -0.2) is 4.39 Å². The Kier molecular flexibility index (Phi) is 4.02. The van der Waals surface area contributed by atoms with Crippen molar-refractivity contribution in [3.63, 3.8) is 0 Å². The molecule has 0 radical (unpaired) electrons. The molecule has 2 aromatic rings. The minimum Gasteiger partial charge on any atom is -0.481 e. The lowest BCUT2D eigenvalue weighted by molar-refractivity contribution is -0.137. The Balaban J connectivity index is 2.25. The van der Waals surface area contributed by atoms with Crippen molar-refractivity contribution >= 4 is 22.8 Å². The van der Waals surface area contributed by atoms with Gasteiger partial charge in [-0.2, -0.15) is 0 Å². The van der Waals surface area contributed by atoms with Crippen LogP contribution in [0.3, 0.4) is 0 Å². The van der Waals surface area contributed by atoms with Crippen molar-refractivity contribution < 1.29 is 19.1 Å². The maximum Gasteiger partial charge on any atom is 0.305 e. The number of rotatable bonds is 5. The van der Waals surface area contributed by atoms with E-state index in [-0.39, 0.29) is 24.6 Å². The van der Waals surface area contributed by atoms with Gasteiger partial charge >= 0.3 is 5.97 Å². The molecule has 0 saturated carbocycles. The van der Waals surface area contributed by atoms with Crippen LogP contribution in [0.1, 0.15) is 23.8 Å². The van der Waals surface area contributed by atoms with Crippen LogP contribution in [-0.2, 0) is 4.79 Å². The molecule has 1 aromatic heterocycles. The van der Waals surface area contributed by atoms with Gasteiger partial charge in [0, 0.05) is 24.0 Å². The SMILES string of the molecule is CCN(CCC(=O)O)C(=O)c1cc2c(F)cccc2[nH]1. The minimum atomic E-state index is -0.959. The molecule has 1 heterocycles. The Morgan fingerprint density at radius 3 is 2.75 bits per heavy atom. The number of carboxylic acids is 1. The third kappa shape index (κ3) is 2.79. The van der Waals surface area contributed by atoms with Crippen molar-refractivity contribution in [1.29, 1.82) is 0 Å². The second-order valence-electron chi connectivity index (χ2n) is 4.41. The molecule has 0 unspecified atom stereocenters. The highest BCUT2D eigenvalue weighted by molar-refractivity contribution is 5.98. The molecule has 2 rings (SSSR count). The quantitative estimate of drug-likeness (QED) is 0.881. The van der Waals surface area contributed by atoms with Gasteiger partial charge in [-0.05, 0) is 25.1 Å². The van der Waals surface area contributed by atoms with Crippen molar-refractivity contribution in [3.05, 3.63) is 35.8 Å². The highest BCUT2D eigenvalue weighted by atomic mass is 19.1. The van der Waals surface area contributed by atoms with Gasteiger partial charge in [0.2, 0.25) is 0 Å². The van der Waals surface area contributed by atoms with Crippen molar-refractivity contribution in [2.24, 2.45) is 0 Å². The number of halogens is 1. The first-order valence-corrected chi connectivity index (χ1v) is 6.31. The lowest BCUT2D eigenvalue weighted by Gasteiger charge is -2.18. The van der Waals surface area contributed by atoms with E-state index >= 15 is 0 Å². The summed E-state index contributed by atoms with van der Waals surface area (Å²) in [6.07, 6.45) is -0.117.